The number of rotatable bonds is 5. The van der Waals surface area contributed by atoms with Crippen molar-refractivity contribution < 1.29 is 19.1 Å². The van der Waals surface area contributed by atoms with Crippen LogP contribution in [0.25, 0.3) is 0 Å². The molecule has 0 spiro atoms. The number of nitrogens with one attached hydrogen (secondary N) is 2. The van der Waals surface area contributed by atoms with E-state index in [1.807, 2.05) is 0 Å². The van der Waals surface area contributed by atoms with Crippen LogP contribution in [0.4, 0.5) is 0 Å². The molecule has 1 aliphatic carbocycles. The summed E-state index contributed by atoms with van der Waals surface area (Å²) in [4.78, 5) is 23.8. The molecule has 130 valence electrons. The molecule has 0 aromatic heterocycles. The van der Waals surface area contributed by atoms with Crippen LogP contribution in [0, 0.1) is 17.2 Å². The Morgan fingerprint density at radius 2 is 2.00 bits per heavy atom. The van der Waals surface area contributed by atoms with Crippen LogP contribution in [0.5, 0.6) is 5.75 Å². The summed E-state index contributed by atoms with van der Waals surface area (Å²) in [7, 11) is 1.31. The van der Waals surface area contributed by atoms with Gasteiger partial charge in [-0.3, -0.25) is 10.2 Å². The lowest BCUT2D eigenvalue weighted by molar-refractivity contribution is -0.140. The van der Waals surface area contributed by atoms with Crippen molar-refractivity contribution in [1.29, 1.82) is 5.41 Å². The predicted molar refractivity (Wildman–Crippen MR) is 88.8 cm³/mol. The molecular weight excluding hydrogens is 310 g/mol. The van der Waals surface area contributed by atoms with Gasteiger partial charge >= 0.3 is 11.9 Å². The zero-order valence-corrected chi connectivity index (χ0v) is 13.7. The number of hydrogen-bond donors (Lipinski definition) is 3. The highest BCUT2D eigenvalue weighted by atomic mass is 16.5. The molecule has 0 atom stereocenters. The summed E-state index contributed by atoms with van der Waals surface area (Å²) in [5.74, 6) is -0.132. The summed E-state index contributed by atoms with van der Waals surface area (Å²) < 4.78 is 10.1. The second kappa shape index (κ2) is 8.33. The van der Waals surface area contributed by atoms with Gasteiger partial charge in [0.15, 0.2) is 5.96 Å². The van der Waals surface area contributed by atoms with Gasteiger partial charge < -0.3 is 20.5 Å². The van der Waals surface area contributed by atoms with Gasteiger partial charge in [0.05, 0.1) is 18.6 Å². The number of hydrogen-bond acceptors (Lipinski definition) is 5. The van der Waals surface area contributed by atoms with Crippen molar-refractivity contribution in [2.75, 3.05) is 13.7 Å². The van der Waals surface area contributed by atoms with E-state index >= 15 is 0 Å². The van der Waals surface area contributed by atoms with E-state index in [1.165, 1.54) is 13.2 Å². The molecular formula is C17H23N3O4. The molecule has 0 heterocycles. The fourth-order valence-electron chi connectivity index (χ4n) is 2.86. The standard InChI is InChI=1S/C17H23N3O4/c1-23-15(21)13-3-2-4-14(9-13)24-16(22)12-7-5-11(6-8-12)10-20-17(18)19/h2-4,9,11-12H,5-8,10H2,1H3,(H4,18,19,20). The molecule has 1 saturated carbocycles. The first-order valence-corrected chi connectivity index (χ1v) is 7.97. The first kappa shape index (κ1) is 17.8. The van der Waals surface area contributed by atoms with Crippen LogP contribution in [-0.2, 0) is 9.53 Å². The quantitative estimate of drug-likeness (QED) is 0.327. The molecule has 1 fully saturated rings. The fourth-order valence-corrected chi connectivity index (χ4v) is 2.86. The lowest BCUT2D eigenvalue weighted by atomic mass is 9.82. The van der Waals surface area contributed by atoms with Crippen molar-refractivity contribution in [3.05, 3.63) is 29.8 Å². The average molecular weight is 333 g/mol. The Morgan fingerprint density at radius 3 is 2.62 bits per heavy atom. The highest BCUT2D eigenvalue weighted by Gasteiger charge is 2.27. The lowest BCUT2D eigenvalue weighted by Crippen LogP contribution is -2.36. The second-order valence-corrected chi connectivity index (χ2v) is 5.95. The first-order chi connectivity index (χ1) is 11.5. The van der Waals surface area contributed by atoms with Gasteiger partial charge in [-0.05, 0) is 49.8 Å². The molecule has 2 rings (SSSR count). The van der Waals surface area contributed by atoms with E-state index in [9.17, 15) is 9.59 Å². The number of esters is 2. The van der Waals surface area contributed by atoms with Gasteiger partial charge in [-0.2, -0.15) is 0 Å². The van der Waals surface area contributed by atoms with Crippen LogP contribution in [0.15, 0.2) is 24.3 Å². The van der Waals surface area contributed by atoms with E-state index in [4.69, 9.17) is 15.9 Å². The van der Waals surface area contributed by atoms with Crippen LogP contribution in [0.2, 0.25) is 0 Å². The number of carbonyl (C=O) groups excluding carboxylic acids is 2. The maximum atomic E-state index is 12.3. The van der Waals surface area contributed by atoms with Crippen molar-refractivity contribution in [1.82, 2.24) is 5.32 Å². The zero-order valence-electron chi connectivity index (χ0n) is 13.7. The molecule has 0 saturated heterocycles. The second-order valence-electron chi connectivity index (χ2n) is 5.95. The number of ether oxygens (including phenoxy) is 2. The molecule has 0 amide bonds. The van der Waals surface area contributed by atoms with Crippen molar-refractivity contribution in [2.45, 2.75) is 25.7 Å². The number of guanidine groups is 1. The maximum absolute atomic E-state index is 12.3. The van der Waals surface area contributed by atoms with Gasteiger partial charge in [-0.15, -0.1) is 0 Å². The Bertz CT molecular complexity index is 610. The van der Waals surface area contributed by atoms with E-state index in [-0.39, 0.29) is 17.8 Å². The summed E-state index contributed by atoms with van der Waals surface area (Å²) in [6.07, 6.45) is 3.28. The number of methoxy groups -OCH3 is 1. The molecule has 1 aliphatic rings. The number of carbonyl (C=O) groups is 2. The molecule has 0 radical (unpaired) electrons. The summed E-state index contributed by atoms with van der Waals surface area (Å²) in [5.41, 5.74) is 5.63. The predicted octanol–water partition coefficient (Wildman–Crippen LogP) is 1.67. The third kappa shape index (κ3) is 4.97. The zero-order chi connectivity index (χ0) is 17.5. The third-order valence-electron chi connectivity index (χ3n) is 4.23. The fraction of sp³-hybridized carbons (Fsp3) is 0.471. The molecule has 24 heavy (non-hydrogen) atoms. The van der Waals surface area contributed by atoms with Gasteiger partial charge in [0.2, 0.25) is 0 Å². The minimum Gasteiger partial charge on any atom is -0.465 e. The smallest absolute Gasteiger partial charge is 0.337 e. The molecule has 7 heteroatoms. The third-order valence-corrected chi connectivity index (χ3v) is 4.23. The van der Waals surface area contributed by atoms with E-state index in [1.54, 1.807) is 18.2 Å². The van der Waals surface area contributed by atoms with Crippen LogP contribution < -0.4 is 15.8 Å². The molecule has 0 bridgehead atoms. The summed E-state index contributed by atoms with van der Waals surface area (Å²) in [6, 6.07) is 6.41. The SMILES string of the molecule is COC(=O)c1cccc(OC(=O)C2CCC(CNC(=N)N)CC2)c1. The van der Waals surface area contributed by atoms with E-state index in [0.717, 1.165) is 25.7 Å². The van der Waals surface area contributed by atoms with Crippen LogP contribution in [-0.4, -0.2) is 31.6 Å². The molecule has 4 N–H and O–H groups in total. The highest BCUT2D eigenvalue weighted by molar-refractivity contribution is 5.90. The van der Waals surface area contributed by atoms with Gasteiger partial charge in [-0.25, -0.2) is 4.79 Å². The highest BCUT2D eigenvalue weighted by Crippen LogP contribution is 2.29. The van der Waals surface area contributed by atoms with Gasteiger partial charge in [-0.1, -0.05) is 6.07 Å². The Hall–Kier alpha value is -2.57. The molecule has 0 aliphatic heterocycles. The molecule has 1 aromatic carbocycles. The van der Waals surface area contributed by atoms with Gasteiger partial charge in [0.1, 0.15) is 5.75 Å². The molecule has 1 aromatic rings. The van der Waals surface area contributed by atoms with Gasteiger partial charge in [0.25, 0.3) is 0 Å². The normalized spacial score (nSPS) is 20.0. The van der Waals surface area contributed by atoms with Crippen molar-refractivity contribution in [3.63, 3.8) is 0 Å². The van der Waals surface area contributed by atoms with Crippen molar-refractivity contribution >= 4 is 17.9 Å². The first-order valence-electron chi connectivity index (χ1n) is 7.97. The lowest BCUT2D eigenvalue weighted by Gasteiger charge is -2.27. The van der Waals surface area contributed by atoms with Crippen molar-refractivity contribution in [2.24, 2.45) is 17.6 Å². The summed E-state index contributed by atoms with van der Waals surface area (Å²) >= 11 is 0. The minimum absolute atomic E-state index is 0.0259. The van der Waals surface area contributed by atoms with Crippen LogP contribution >= 0.6 is 0 Å². The van der Waals surface area contributed by atoms with Crippen LogP contribution in [0.1, 0.15) is 36.0 Å². The Balaban J connectivity index is 1.85. The monoisotopic (exact) mass is 333 g/mol. The molecule has 7 nitrogen and oxygen atoms in total. The number of nitrogens with two attached hydrogens (primary N) is 1. The Morgan fingerprint density at radius 1 is 1.29 bits per heavy atom. The molecule has 0 unspecified atom stereocenters. The largest absolute Gasteiger partial charge is 0.465 e. The van der Waals surface area contributed by atoms with Gasteiger partial charge in [0, 0.05) is 6.54 Å². The summed E-state index contributed by atoms with van der Waals surface area (Å²) in [6.45, 7) is 0.665. The average Bonchev–Trinajstić information content (AvgIpc) is 2.59. The Labute approximate surface area is 141 Å². The minimum atomic E-state index is -0.466. The van der Waals surface area contributed by atoms with E-state index in [2.05, 4.69) is 10.1 Å². The van der Waals surface area contributed by atoms with E-state index in [0.29, 0.717) is 23.8 Å². The van der Waals surface area contributed by atoms with E-state index < -0.39 is 5.97 Å². The maximum Gasteiger partial charge on any atom is 0.337 e. The Kier molecular flexibility index (Phi) is 6.17. The van der Waals surface area contributed by atoms with Crippen molar-refractivity contribution in [3.8, 4) is 5.75 Å². The summed E-state index contributed by atoms with van der Waals surface area (Å²) in [5, 5.41) is 9.99. The van der Waals surface area contributed by atoms with Crippen LogP contribution in [0.3, 0.4) is 0 Å². The topological polar surface area (TPSA) is 114 Å². The number of benzene rings is 1.